The van der Waals surface area contributed by atoms with Gasteiger partial charge in [0.1, 0.15) is 0 Å². The molecule has 0 unspecified atom stereocenters. The molecule has 0 aliphatic rings. The molecule has 0 fully saturated rings. The molecule has 4 heteroatoms. The van der Waals surface area contributed by atoms with E-state index in [4.69, 9.17) is 0 Å². The molecule has 0 saturated carbocycles. The van der Waals surface area contributed by atoms with E-state index in [0.29, 0.717) is 11.4 Å². The second kappa shape index (κ2) is 4.80. The van der Waals surface area contributed by atoms with E-state index in [1.165, 1.54) is 5.56 Å². The normalized spacial score (nSPS) is 11.4. The molecule has 90 valence electrons. The fourth-order valence-electron chi connectivity index (χ4n) is 2.21. The highest BCUT2D eigenvalue weighted by Gasteiger charge is 2.20. The largest absolute Gasteiger partial charge is 0.490 e. The van der Waals surface area contributed by atoms with Crippen LogP contribution >= 0.6 is 11.3 Å². The summed E-state index contributed by atoms with van der Waals surface area (Å²) in [5.74, 6) is 0.606. The highest BCUT2D eigenvalue weighted by molar-refractivity contribution is 7.20. The zero-order valence-corrected chi connectivity index (χ0v) is 11.2. The molecule has 0 spiro atoms. The van der Waals surface area contributed by atoms with E-state index in [1.54, 1.807) is 11.3 Å². The van der Waals surface area contributed by atoms with Crippen molar-refractivity contribution in [2.45, 2.75) is 27.2 Å². The Labute approximate surface area is 106 Å². The van der Waals surface area contributed by atoms with Crippen LogP contribution in [0.5, 0.6) is 0 Å². The SMILES string of the molecule is Cc1sc2ccc(CC(C)C)cc2c1B(O)O. The van der Waals surface area contributed by atoms with Gasteiger partial charge in [0.15, 0.2) is 0 Å². The number of thiophene rings is 1. The molecule has 0 amide bonds. The number of aryl methyl sites for hydroxylation is 1. The fourth-order valence-corrected chi connectivity index (χ4v) is 3.28. The zero-order valence-electron chi connectivity index (χ0n) is 10.4. The Balaban J connectivity index is 2.54. The van der Waals surface area contributed by atoms with Crippen LogP contribution in [-0.2, 0) is 6.42 Å². The fraction of sp³-hybridized carbons (Fsp3) is 0.385. The van der Waals surface area contributed by atoms with Crippen LogP contribution in [0.2, 0.25) is 0 Å². The molecule has 0 aliphatic heterocycles. The molecule has 2 aromatic rings. The quantitative estimate of drug-likeness (QED) is 0.816. The van der Waals surface area contributed by atoms with Crippen LogP contribution in [0.25, 0.3) is 10.1 Å². The number of hydrogen-bond donors (Lipinski definition) is 2. The van der Waals surface area contributed by atoms with E-state index >= 15 is 0 Å². The van der Waals surface area contributed by atoms with Crippen LogP contribution in [-0.4, -0.2) is 17.2 Å². The summed E-state index contributed by atoms with van der Waals surface area (Å²) in [7, 11) is -1.38. The number of benzene rings is 1. The van der Waals surface area contributed by atoms with Crippen molar-refractivity contribution >= 4 is 34.0 Å². The predicted octanol–water partition coefficient (Wildman–Crippen LogP) is 2.09. The van der Waals surface area contributed by atoms with Gasteiger partial charge in [-0.05, 0) is 36.3 Å². The first kappa shape index (κ1) is 12.6. The Morgan fingerprint density at radius 3 is 2.59 bits per heavy atom. The maximum atomic E-state index is 9.43. The van der Waals surface area contributed by atoms with Gasteiger partial charge in [0, 0.05) is 15.0 Å². The van der Waals surface area contributed by atoms with Gasteiger partial charge in [0.05, 0.1) is 0 Å². The van der Waals surface area contributed by atoms with Gasteiger partial charge in [-0.25, -0.2) is 0 Å². The van der Waals surface area contributed by atoms with Crippen molar-refractivity contribution in [1.82, 2.24) is 0 Å². The first-order valence-corrected chi connectivity index (χ1v) is 6.68. The Kier molecular flexibility index (Phi) is 3.57. The molecular formula is C13H17BO2S. The summed E-state index contributed by atoms with van der Waals surface area (Å²) in [5, 5.41) is 19.8. The van der Waals surface area contributed by atoms with Gasteiger partial charge in [-0.1, -0.05) is 26.0 Å². The molecule has 2 N–H and O–H groups in total. The third-order valence-electron chi connectivity index (χ3n) is 2.88. The number of fused-ring (bicyclic) bond motifs is 1. The number of hydrogen-bond acceptors (Lipinski definition) is 3. The van der Waals surface area contributed by atoms with E-state index in [2.05, 4.69) is 32.0 Å². The van der Waals surface area contributed by atoms with Crippen molar-refractivity contribution in [3.05, 3.63) is 28.6 Å². The molecule has 2 rings (SSSR count). The van der Waals surface area contributed by atoms with Gasteiger partial charge in [-0.15, -0.1) is 11.3 Å². The average molecular weight is 248 g/mol. The first-order valence-electron chi connectivity index (χ1n) is 5.87. The van der Waals surface area contributed by atoms with Crippen molar-refractivity contribution in [3.63, 3.8) is 0 Å². The van der Waals surface area contributed by atoms with Crippen LogP contribution in [0.3, 0.4) is 0 Å². The van der Waals surface area contributed by atoms with Crippen molar-refractivity contribution in [2.24, 2.45) is 5.92 Å². The lowest BCUT2D eigenvalue weighted by atomic mass is 9.78. The van der Waals surface area contributed by atoms with E-state index < -0.39 is 7.12 Å². The zero-order chi connectivity index (χ0) is 12.6. The number of rotatable bonds is 3. The summed E-state index contributed by atoms with van der Waals surface area (Å²) in [5.41, 5.74) is 1.92. The van der Waals surface area contributed by atoms with Crippen molar-refractivity contribution < 1.29 is 10.0 Å². The van der Waals surface area contributed by atoms with Gasteiger partial charge in [0.2, 0.25) is 0 Å². The maximum Gasteiger partial charge on any atom is 0.490 e. The van der Waals surface area contributed by atoms with Gasteiger partial charge < -0.3 is 10.0 Å². The maximum absolute atomic E-state index is 9.43. The van der Waals surface area contributed by atoms with E-state index in [0.717, 1.165) is 21.4 Å². The smallest absolute Gasteiger partial charge is 0.423 e. The predicted molar refractivity (Wildman–Crippen MR) is 74.9 cm³/mol. The third-order valence-corrected chi connectivity index (χ3v) is 3.98. The molecule has 2 nitrogen and oxygen atoms in total. The van der Waals surface area contributed by atoms with Crippen molar-refractivity contribution in [3.8, 4) is 0 Å². The van der Waals surface area contributed by atoms with Crippen LogP contribution in [0, 0.1) is 12.8 Å². The third kappa shape index (κ3) is 2.54. The topological polar surface area (TPSA) is 40.5 Å². The Hall–Kier alpha value is -0.835. The minimum Gasteiger partial charge on any atom is -0.423 e. The van der Waals surface area contributed by atoms with E-state index in [1.807, 2.05) is 6.92 Å². The minimum atomic E-state index is -1.38. The molecule has 1 heterocycles. The van der Waals surface area contributed by atoms with Crippen molar-refractivity contribution in [2.75, 3.05) is 0 Å². The molecule has 1 aromatic heterocycles. The Morgan fingerprint density at radius 1 is 1.29 bits per heavy atom. The van der Waals surface area contributed by atoms with Crippen molar-refractivity contribution in [1.29, 1.82) is 0 Å². The molecule has 0 bridgehead atoms. The summed E-state index contributed by atoms with van der Waals surface area (Å²) in [6.45, 7) is 6.30. The van der Waals surface area contributed by atoms with Crippen LogP contribution in [0.4, 0.5) is 0 Å². The molecule has 0 atom stereocenters. The highest BCUT2D eigenvalue weighted by atomic mass is 32.1. The lowest BCUT2D eigenvalue weighted by Crippen LogP contribution is -2.30. The van der Waals surface area contributed by atoms with Crippen LogP contribution < -0.4 is 5.46 Å². The summed E-state index contributed by atoms with van der Waals surface area (Å²) < 4.78 is 1.12. The summed E-state index contributed by atoms with van der Waals surface area (Å²) in [4.78, 5) is 0.983. The molecular weight excluding hydrogens is 231 g/mol. The summed E-state index contributed by atoms with van der Waals surface area (Å²) in [6, 6.07) is 6.30. The Morgan fingerprint density at radius 2 is 2.00 bits per heavy atom. The van der Waals surface area contributed by atoms with E-state index in [-0.39, 0.29) is 0 Å². The monoisotopic (exact) mass is 248 g/mol. The lowest BCUT2D eigenvalue weighted by molar-refractivity contribution is 0.426. The van der Waals surface area contributed by atoms with Gasteiger partial charge in [0.25, 0.3) is 0 Å². The molecule has 17 heavy (non-hydrogen) atoms. The molecule has 0 saturated heterocycles. The molecule has 0 aliphatic carbocycles. The summed E-state index contributed by atoms with van der Waals surface area (Å²) in [6.07, 6.45) is 1.02. The lowest BCUT2D eigenvalue weighted by Gasteiger charge is -2.06. The van der Waals surface area contributed by atoms with Crippen LogP contribution in [0.1, 0.15) is 24.3 Å². The van der Waals surface area contributed by atoms with E-state index in [9.17, 15) is 10.0 Å². The molecule has 0 radical (unpaired) electrons. The Bertz CT molecular complexity index is 531. The van der Waals surface area contributed by atoms with Gasteiger partial charge in [-0.3, -0.25) is 0 Å². The second-order valence-electron chi connectivity index (χ2n) is 4.87. The summed E-state index contributed by atoms with van der Waals surface area (Å²) >= 11 is 1.61. The van der Waals surface area contributed by atoms with Gasteiger partial charge in [-0.2, -0.15) is 0 Å². The van der Waals surface area contributed by atoms with Gasteiger partial charge >= 0.3 is 7.12 Å². The highest BCUT2D eigenvalue weighted by Crippen LogP contribution is 2.25. The standard InChI is InChI=1S/C13H17BO2S/c1-8(2)6-10-4-5-12-11(7-10)13(14(15)16)9(3)17-12/h4-5,7-8,15-16H,6H2,1-3H3. The second-order valence-corrected chi connectivity index (χ2v) is 6.13. The first-order chi connectivity index (χ1) is 7.99. The molecule has 1 aromatic carbocycles. The minimum absolute atomic E-state index is 0.606. The average Bonchev–Trinajstić information content (AvgIpc) is 2.52. The van der Waals surface area contributed by atoms with Crippen LogP contribution in [0.15, 0.2) is 18.2 Å².